The molecule has 0 fully saturated rings. The van der Waals surface area contributed by atoms with E-state index in [9.17, 15) is 4.79 Å². The highest BCUT2D eigenvalue weighted by atomic mass is 28.4. The highest BCUT2D eigenvalue weighted by Gasteiger charge is 2.36. The summed E-state index contributed by atoms with van der Waals surface area (Å²) in [5.74, 6) is 0.727. The maximum atomic E-state index is 11.6. The SMILES string of the molecule is CCC(C)(CO)C(N)O.CCC(C)CCCNC(=O)NCCC[Si](OC)(OC)OC. The molecule has 0 aliphatic rings. The van der Waals surface area contributed by atoms with E-state index in [4.69, 9.17) is 29.2 Å². The van der Waals surface area contributed by atoms with Gasteiger partial charge in [-0.25, -0.2) is 4.79 Å². The second-order valence-corrected chi connectivity index (χ2v) is 10.9. The van der Waals surface area contributed by atoms with Crippen LogP contribution in [0.5, 0.6) is 0 Å². The Labute approximate surface area is 184 Å². The Bertz CT molecular complexity index is 413. The van der Waals surface area contributed by atoms with Crippen LogP contribution in [0.1, 0.15) is 59.8 Å². The molecule has 0 radical (unpaired) electrons. The molecule has 0 heterocycles. The van der Waals surface area contributed by atoms with E-state index in [0.717, 1.165) is 31.7 Å². The first-order valence-corrected chi connectivity index (χ1v) is 12.7. The second-order valence-electron chi connectivity index (χ2n) is 7.85. The molecule has 6 N–H and O–H groups in total. The Morgan fingerprint density at radius 1 is 1.10 bits per heavy atom. The Morgan fingerprint density at radius 3 is 1.93 bits per heavy atom. The summed E-state index contributed by atoms with van der Waals surface area (Å²) in [4.78, 5) is 11.6. The van der Waals surface area contributed by atoms with E-state index in [1.807, 2.05) is 6.92 Å². The molecule has 0 rings (SSSR count). The van der Waals surface area contributed by atoms with Crippen molar-refractivity contribution < 1.29 is 28.3 Å². The molecule has 10 heteroatoms. The van der Waals surface area contributed by atoms with E-state index in [-0.39, 0.29) is 12.6 Å². The third-order valence-corrected chi connectivity index (χ3v) is 8.45. The second kappa shape index (κ2) is 17.9. The van der Waals surface area contributed by atoms with Crippen molar-refractivity contribution in [3.05, 3.63) is 0 Å². The van der Waals surface area contributed by atoms with Crippen LogP contribution in [-0.4, -0.2) is 72.3 Å². The number of urea groups is 1. The van der Waals surface area contributed by atoms with E-state index in [1.54, 1.807) is 28.3 Å². The van der Waals surface area contributed by atoms with E-state index < -0.39 is 20.4 Å². The quantitative estimate of drug-likeness (QED) is 0.145. The lowest BCUT2D eigenvalue weighted by Gasteiger charge is -2.28. The third kappa shape index (κ3) is 13.5. The lowest BCUT2D eigenvalue weighted by atomic mass is 9.87. The fraction of sp³-hybridized carbons (Fsp3) is 0.950. The largest absolute Gasteiger partial charge is 0.500 e. The first-order chi connectivity index (χ1) is 14.1. The Morgan fingerprint density at radius 2 is 1.60 bits per heavy atom. The van der Waals surface area contributed by atoms with Crippen LogP contribution in [-0.2, 0) is 13.3 Å². The van der Waals surface area contributed by atoms with Crippen LogP contribution in [0.4, 0.5) is 4.79 Å². The maximum Gasteiger partial charge on any atom is 0.500 e. The molecule has 0 saturated heterocycles. The first-order valence-electron chi connectivity index (χ1n) is 10.8. The molecule has 3 unspecified atom stereocenters. The Kier molecular flexibility index (Phi) is 18.7. The Hall–Kier alpha value is -0.753. The molecular weight excluding hydrogens is 406 g/mol. The smallest absolute Gasteiger partial charge is 0.396 e. The van der Waals surface area contributed by atoms with E-state index in [1.165, 1.54) is 6.42 Å². The summed E-state index contributed by atoms with van der Waals surface area (Å²) in [5, 5.41) is 23.3. The average molecular weight is 454 g/mol. The Balaban J connectivity index is 0. The number of amides is 2. The standard InChI is InChI=1S/C14H32N2O4Si.C6H15NO2/c1-6-13(2)9-7-10-15-14(17)16-11-8-12-21(18-3,19-4)20-5;1-3-6(2,4-8)5(7)9/h13H,6-12H2,1-5H3,(H2,15,16,17);5,8-9H,3-4,7H2,1-2H3. The van der Waals surface area contributed by atoms with Gasteiger partial charge < -0.3 is 39.9 Å². The van der Waals surface area contributed by atoms with Gasteiger partial charge in [0, 0.05) is 45.9 Å². The van der Waals surface area contributed by atoms with Crippen molar-refractivity contribution in [1.82, 2.24) is 10.6 Å². The molecule has 9 nitrogen and oxygen atoms in total. The van der Waals surface area contributed by atoms with Crippen LogP contribution in [0.3, 0.4) is 0 Å². The van der Waals surface area contributed by atoms with Crippen LogP contribution < -0.4 is 16.4 Å². The van der Waals surface area contributed by atoms with Gasteiger partial charge in [0.15, 0.2) is 0 Å². The summed E-state index contributed by atoms with van der Waals surface area (Å²) in [7, 11) is 2.27. The van der Waals surface area contributed by atoms with Crippen LogP contribution in [0, 0.1) is 11.3 Å². The monoisotopic (exact) mass is 453 g/mol. The normalized spacial score (nSPS) is 15.4. The predicted molar refractivity (Wildman–Crippen MR) is 122 cm³/mol. The van der Waals surface area contributed by atoms with Gasteiger partial charge in [-0.2, -0.15) is 0 Å². The van der Waals surface area contributed by atoms with Gasteiger partial charge >= 0.3 is 14.8 Å². The highest BCUT2D eigenvalue weighted by Crippen LogP contribution is 2.21. The molecule has 0 bridgehead atoms. The van der Waals surface area contributed by atoms with Crippen LogP contribution in [0.25, 0.3) is 0 Å². The van der Waals surface area contributed by atoms with E-state index >= 15 is 0 Å². The third-order valence-electron chi connectivity index (χ3n) is 5.62. The van der Waals surface area contributed by atoms with Gasteiger partial charge in [0.2, 0.25) is 0 Å². The van der Waals surface area contributed by atoms with Gasteiger partial charge in [0.05, 0.1) is 6.61 Å². The zero-order chi connectivity index (χ0) is 23.6. The van der Waals surface area contributed by atoms with Gasteiger partial charge in [0.25, 0.3) is 0 Å². The highest BCUT2D eigenvalue weighted by molar-refractivity contribution is 6.60. The summed E-state index contributed by atoms with van der Waals surface area (Å²) >= 11 is 0. The van der Waals surface area contributed by atoms with Crippen molar-refractivity contribution in [3.63, 3.8) is 0 Å². The van der Waals surface area contributed by atoms with Gasteiger partial charge in [-0.15, -0.1) is 0 Å². The van der Waals surface area contributed by atoms with Crippen molar-refractivity contribution >= 4 is 14.8 Å². The summed E-state index contributed by atoms with van der Waals surface area (Å²) in [6, 6.07) is 0.573. The molecule has 182 valence electrons. The molecule has 3 atom stereocenters. The molecular formula is C20H47N3O6Si. The first kappa shape index (κ1) is 31.4. The average Bonchev–Trinajstić information content (AvgIpc) is 2.76. The van der Waals surface area contributed by atoms with Crippen molar-refractivity contribution in [2.75, 3.05) is 41.0 Å². The number of nitrogens with two attached hydrogens (primary N) is 1. The minimum Gasteiger partial charge on any atom is -0.396 e. The minimum atomic E-state index is -2.51. The van der Waals surface area contributed by atoms with Crippen LogP contribution in [0.15, 0.2) is 0 Å². The zero-order valence-corrected chi connectivity index (χ0v) is 21.1. The minimum absolute atomic E-state index is 0.0683. The lowest BCUT2D eigenvalue weighted by Crippen LogP contribution is -2.43. The zero-order valence-electron chi connectivity index (χ0n) is 20.1. The molecule has 2 amide bonds. The van der Waals surface area contributed by atoms with Gasteiger partial charge in [-0.05, 0) is 31.6 Å². The topological polar surface area (TPSA) is 135 Å². The number of rotatable bonds is 15. The number of carbonyl (C=O) groups excluding carboxylic acids is 1. The number of hydrogen-bond acceptors (Lipinski definition) is 7. The fourth-order valence-corrected chi connectivity index (χ4v) is 4.12. The van der Waals surface area contributed by atoms with Crippen LogP contribution >= 0.6 is 0 Å². The summed E-state index contributed by atoms with van der Waals surface area (Å²) in [6.07, 6.45) is 3.89. The van der Waals surface area contributed by atoms with Gasteiger partial charge in [0.1, 0.15) is 6.23 Å². The molecule has 0 aromatic rings. The summed E-state index contributed by atoms with van der Waals surface area (Å²) < 4.78 is 16.0. The summed E-state index contributed by atoms with van der Waals surface area (Å²) in [5.41, 5.74) is 4.66. The maximum absolute atomic E-state index is 11.6. The number of carbonyl (C=O) groups is 1. The van der Waals surface area contributed by atoms with Crippen molar-refractivity contribution in [3.8, 4) is 0 Å². The molecule has 0 aromatic heterocycles. The molecule has 0 spiro atoms. The van der Waals surface area contributed by atoms with Crippen LogP contribution in [0.2, 0.25) is 6.04 Å². The molecule has 0 saturated carbocycles. The predicted octanol–water partition coefficient (Wildman–Crippen LogP) is 2.05. The number of aliphatic hydroxyl groups excluding tert-OH is 2. The molecule has 0 aromatic carbocycles. The van der Waals surface area contributed by atoms with Gasteiger partial charge in [-0.3, -0.25) is 0 Å². The number of hydrogen-bond donors (Lipinski definition) is 5. The molecule has 0 aliphatic heterocycles. The fourth-order valence-electron chi connectivity index (χ4n) is 2.40. The lowest BCUT2D eigenvalue weighted by molar-refractivity contribution is -0.00350. The number of nitrogens with one attached hydrogen (secondary N) is 2. The van der Waals surface area contributed by atoms with E-state index in [0.29, 0.717) is 19.0 Å². The van der Waals surface area contributed by atoms with Crippen molar-refractivity contribution in [2.24, 2.45) is 17.1 Å². The van der Waals surface area contributed by atoms with E-state index in [2.05, 4.69) is 24.5 Å². The molecule has 30 heavy (non-hydrogen) atoms. The molecule has 0 aliphatic carbocycles. The number of aliphatic hydroxyl groups is 2. The van der Waals surface area contributed by atoms with Crippen molar-refractivity contribution in [2.45, 2.75) is 72.1 Å². The summed E-state index contributed by atoms with van der Waals surface area (Å²) in [6.45, 7) is 9.29. The van der Waals surface area contributed by atoms with Gasteiger partial charge in [-0.1, -0.05) is 34.1 Å². The van der Waals surface area contributed by atoms with Crippen molar-refractivity contribution in [1.29, 1.82) is 0 Å².